The second-order valence-corrected chi connectivity index (χ2v) is 15.4. The normalized spacial score (nSPS) is 30.8. The van der Waals surface area contributed by atoms with Crippen LogP contribution >= 0.6 is 15.9 Å². The van der Waals surface area contributed by atoms with Crippen LogP contribution in [0.1, 0.15) is 51.7 Å². The fourth-order valence-electron chi connectivity index (χ4n) is 8.23. The van der Waals surface area contributed by atoms with Crippen LogP contribution in [-0.4, -0.2) is 96.6 Å². The highest BCUT2D eigenvalue weighted by atomic mass is 79.9. The molecule has 2 saturated heterocycles. The number of nitrogens with one attached hydrogen (secondary N) is 1. The monoisotopic (exact) mass is 774 g/mol. The SMILES string of the molecule is CC(C)C[C@H](CO)N1C(=O)[C@H]2[C@@H]3C(=O)O[C@H](c4ccccc4)[C@@H](C)NC(=O)CC/C=C\CN(Cn4nnc5ccccc54)C(=O)[C@H]1[C@@]21C=C(Br)[C@@H]3O1. The number of esters is 1. The van der Waals surface area contributed by atoms with Gasteiger partial charge in [-0.1, -0.05) is 89.6 Å². The number of allylic oxidation sites excluding steroid dienone is 1. The minimum absolute atomic E-state index is 0.00647. The van der Waals surface area contributed by atoms with Crippen molar-refractivity contribution in [3.05, 3.63) is 82.9 Å². The van der Waals surface area contributed by atoms with Crippen molar-refractivity contribution >= 4 is 50.7 Å². The van der Waals surface area contributed by atoms with Crippen LogP contribution in [0.4, 0.5) is 0 Å². The average molecular weight is 776 g/mol. The number of likely N-dealkylation sites (tertiary alicyclic amines) is 1. The maximum Gasteiger partial charge on any atom is 0.313 e. The van der Waals surface area contributed by atoms with Crippen LogP contribution in [0.5, 0.6) is 0 Å². The minimum atomic E-state index is -1.53. The molecular weight excluding hydrogens is 732 g/mol. The molecule has 52 heavy (non-hydrogen) atoms. The molecule has 5 bridgehead atoms. The molecule has 2 N–H and O–H groups in total. The number of hydrogen-bond donors (Lipinski definition) is 2. The van der Waals surface area contributed by atoms with Crippen molar-refractivity contribution in [1.82, 2.24) is 30.1 Å². The number of carbonyl (C=O) groups excluding carboxylic acids is 4. The van der Waals surface area contributed by atoms with Crippen molar-refractivity contribution in [2.75, 3.05) is 13.2 Å². The summed E-state index contributed by atoms with van der Waals surface area (Å²) in [5, 5.41) is 22.4. The number of nitrogens with zero attached hydrogens (tertiary/aromatic N) is 5. The Balaban J connectivity index is 1.35. The lowest BCUT2D eigenvalue weighted by molar-refractivity contribution is -0.162. The minimum Gasteiger partial charge on any atom is -0.455 e. The quantitative estimate of drug-likeness (QED) is 0.271. The first-order valence-corrected chi connectivity index (χ1v) is 18.6. The van der Waals surface area contributed by atoms with Crippen molar-refractivity contribution in [3.8, 4) is 0 Å². The van der Waals surface area contributed by atoms with Crippen LogP contribution in [0.15, 0.2) is 77.3 Å². The highest BCUT2D eigenvalue weighted by Gasteiger charge is 2.75. The van der Waals surface area contributed by atoms with E-state index in [1.807, 2.05) is 80.6 Å². The maximum atomic E-state index is 15.2. The molecule has 13 nitrogen and oxygen atoms in total. The summed E-state index contributed by atoms with van der Waals surface area (Å²) in [6.07, 6.45) is 4.65. The van der Waals surface area contributed by atoms with E-state index in [1.165, 1.54) is 4.90 Å². The Bertz CT molecular complexity index is 1920. The summed E-state index contributed by atoms with van der Waals surface area (Å²) < 4.78 is 15.1. The molecule has 7 rings (SSSR count). The average Bonchev–Trinajstić information content (AvgIpc) is 3.85. The van der Waals surface area contributed by atoms with Crippen molar-refractivity contribution in [3.63, 3.8) is 0 Å². The third-order valence-corrected chi connectivity index (χ3v) is 11.2. The van der Waals surface area contributed by atoms with Gasteiger partial charge < -0.3 is 29.7 Å². The summed E-state index contributed by atoms with van der Waals surface area (Å²) >= 11 is 3.62. The number of aliphatic hydroxyl groups excluding tert-OH is 1. The van der Waals surface area contributed by atoms with Crippen LogP contribution < -0.4 is 5.32 Å². The molecule has 2 fully saturated rings. The summed E-state index contributed by atoms with van der Waals surface area (Å²) in [4.78, 5) is 60.7. The molecule has 2 aromatic carbocycles. The summed E-state index contributed by atoms with van der Waals surface area (Å²) in [5.41, 5.74) is 0.516. The fourth-order valence-corrected chi connectivity index (χ4v) is 8.97. The number of amides is 3. The molecule has 3 aromatic rings. The molecule has 14 heteroatoms. The molecule has 8 atom stereocenters. The van der Waals surface area contributed by atoms with Crippen LogP contribution in [0, 0.1) is 17.8 Å². The van der Waals surface area contributed by atoms with Crippen molar-refractivity contribution in [2.24, 2.45) is 17.8 Å². The van der Waals surface area contributed by atoms with E-state index in [-0.39, 0.29) is 38.1 Å². The predicted molar refractivity (Wildman–Crippen MR) is 193 cm³/mol. The Labute approximate surface area is 310 Å². The first kappa shape index (κ1) is 36.0. The Kier molecular flexibility index (Phi) is 10.1. The van der Waals surface area contributed by atoms with Crippen molar-refractivity contribution in [1.29, 1.82) is 0 Å². The van der Waals surface area contributed by atoms with Gasteiger partial charge in [0, 0.05) is 17.4 Å². The number of hydrogen-bond acceptors (Lipinski definition) is 9. The lowest BCUT2D eigenvalue weighted by Crippen LogP contribution is -2.58. The zero-order chi connectivity index (χ0) is 36.7. The number of halogens is 1. The van der Waals surface area contributed by atoms with Gasteiger partial charge in [0.15, 0.2) is 0 Å². The van der Waals surface area contributed by atoms with Gasteiger partial charge in [0.05, 0.1) is 30.1 Å². The number of aliphatic hydroxyl groups is 1. The number of para-hydroxylation sites is 1. The molecule has 4 aliphatic heterocycles. The van der Waals surface area contributed by atoms with Gasteiger partial charge in [0.25, 0.3) is 5.91 Å². The number of fused-ring (bicyclic) bond motifs is 3. The van der Waals surface area contributed by atoms with Gasteiger partial charge in [0.1, 0.15) is 42.0 Å². The number of rotatable bonds is 7. The van der Waals surface area contributed by atoms with Gasteiger partial charge in [-0.3, -0.25) is 19.2 Å². The fraction of sp³-hybridized carbons (Fsp3) is 0.474. The van der Waals surface area contributed by atoms with E-state index in [1.54, 1.807) is 22.6 Å². The second kappa shape index (κ2) is 14.6. The van der Waals surface area contributed by atoms with Gasteiger partial charge in [0.2, 0.25) is 11.8 Å². The summed E-state index contributed by atoms with van der Waals surface area (Å²) in [6, 6.07) is 14.0. The number of ether oxygens (including phenoxy) is 2. The Morgan fingerprint density at radius 1 is 1.02 bits per heavy atom. The first-order chi connectivity index (χ1) is 25.0. The van der Waals surface area contributed by atoms with E-state index in [4.69, 9.17) is 9.47 Å². The van der Waals surface area contributed by atoms with E-state index in [9.17, 15) is 19.5 Å². The lowest BCUT2D eigenvalue weighted by atomic mass is 9.74. The van der Waals surface area contributed by atoms with E-state index < -0.39 is 65.6 Å². The zero-order valence-electron chi connectivity index (χ0n) is 29.3. The standard InChI is InChI=1S/C38H43BrN6O7/c1-22(2)18-25(20-46)45-34-36(49)43(21-44-28-15-10-9-14-27(28)41-42-44)17-11-5-8-16-29(47)40-23(3)32(24-12-6-4-7-13-24)51-37(50)30-31(35(45)48)38(34)19-26(39)33(30)52-38/h4-7,9-15,19,22-23,25,30-34,46H,8,16-18,20-21H2,1-3H3,(H,40,47)/b11-5-/t23-,25-,30+,31-,32+,33+,34+,38-/m1/s1. The highest BCUT2D eigenvalue weighted by molar-refractivity contribution is 9.11. The summed E-state index contributed by atoms with van der Waals surface area (Å²) in [7, 11) is 0. The molecule has 1 aromatic heterocycles. The number of benzene rings is 2. The molecule has 4 aliphatic rings. The maximum absolute atomic E-state index is 15.2. The van der Waals surface area contributed by atoms with Crippen molar-refractivity contribution in [2.45, 2.75) is 82.6 Å². The summed E-state index contributed by atoms with van der Waals surface area (Å²) in [6.45, 7) is 5.47. The zero-order valence-corrected chi connectivity index (χ0v) is 30.9. The van der Waals surface area contributed by atoms with E-state index >= 15 is 4.79 Å². The van der Waals surface area contributed by atoms with Crippen LogP contribution in [-0.2, 0) is 35.3 Å². The topological polar surface area (TPSA) is 156 Å². The predicted octanol–water partition coefficient (Wildman–Crippen LogP) is 3.64. The Morgan fingerprint density at radius 3 is 2.52 bits per heavy atom. The van der Waals surface area contributed by atoms with Crippen LogP contribution in [0.2, 0.25) is 0 Å². The number of carbonyl (C=O) groups is 4. The number of aromatic nitrogens is 3. The van der Waals surface area contributed by atoms with Crippen LogP contribution in [0.25, 0.3) is 11.0 Å². The second-order valence-electron chi connectivity index (χ2n) is 14.5. The highest BCUT2D eigenvalue weighted by Crippen LogP contribution is 2.59. The molecule has 274 valence electrons. The molecule has 0 unspecified atom stereocenters. The molecule has 5 heterocycles. The Hall–Kier alpha value is -4.40. The van der Waals surface area contributed by atoms with E-state index in [0.717, 1.165) is 0 Å². The first-order valence-electron chi connectivity index (χ1n) is 17.8. The third kappa shape index (κ3) is 6.34. The van der Waals surface area contributed by atoms with Crippen LogP contribution in [0.3, 0.4) is 0 Å². The number of cyclic esters (lactones) is 1. The van der Waals surface area contributed by atoms with Gasteiger partial charge in [-0.15, -0.1) is 5.10 Å². The smallest absolute Gasteiger partial charge is 0.313 e. The third-order valence-electron chi connectivity index (χ3n) is 10.5. The molecule has 0 radical (unpaired) electrons. The molecular formula is C38H43BrN6O7. The van der Waals surface area contributed by atoms with Gasteiger partial charge in [-0.05, 0) is 49.5 Å². The summed E-state index contributed by atoms with van der Waals surface area (Å²) in [5.74, 6) is -3.94. The molecule has 3 amide bonds. The molecule has 0 aliphatic carbocycles. The van der Waals surface area contributed by atoms with E-state index in [0.29, 0.717) is 33.9 Å². The Morgan fingerprint density at radius 2 is 1.77 bits per heavy atom. The van der Waals surface area contributed by atoms with Crippen molar-refractivity contribution < 1.29 is 33.8 Å². The van der Waals surface area contributed by atoms with Gasteiger partial charge in [-0.25, -0.2) is 4.68 Å². The van der Waals surface area contributed by atoms with Gasteiger partial charge >= 0.3 is 5.97 Å². The van der Waals surface area contributed by atoms with Gasteiger partial charge in [-0.2, -0.15) is 0 Å². The molecule has 0 saturated carbocycles. The lowest BCUT2D eigenvalue weighted by Gasteiger charge is -2.39. The largest absolute Gasteiger partial charge is 0.455 e. The van der Waals surface area contributed by atoms with E-state index in [2.05, 4.69) is 31.6 Å². The molecule has 1 spiro atoms.